The van der Waals surface area contributed by atoms with E-state index in [1.54, 1.807) is 23.1 Å². The van der Waals surface area contributed by atoms with Crippen molar-refractivity contribution in [3.8, 4) is 5.75 Å². The summed E-state index contributed by atoms with van der Waals surface area (Å²) in [5, 5.41) is 2.73. The van der Waals surface area contributed by atoms with E-state index in [1.165, 1.54) is 0 Å². The molecule has 0 bridgehead atoms. The Bertz CT molecular complexity index is 667. The van der Waals surface area contributed by atoms with Crippen molar-refractivity contribution >= 4 is 17.7 Å². The summed E-state index contributed by atoms with van der Waals surface area (Å²) in [7, 11) is 0. The van der Waals surface area contributed by atoms with Crippen molar-refractivity contribution in [2.75, 3.05) is 18.8 Å². The molecular formula is C19H29N3O4. The summed E-state index contributed by atoms with van der Waals surface area (Å²) in [6.07, 6.45) is -0.241. The fourth-order valence-corrected chi connectivity index (χ4v) is 2.77. The first-order valence-corrected chi connectivity index (χ1v) is 8.91. The Balaban J connectivity index is 2.18. The summed E-state index contributed by atoms with van der Waals surface area (Å²) in [5.41, 5.74) is 6.32. The van der Waals surface area contributed by atoms with Gasteiger partial charge in [0.1, 0.15) is 11.7 Å². The Kier molecular flexibility index (Phi) is 6.00. The van der Waals surface area contributed by atoms with Crippen LogP contribution in [0.3, 0.4) is 0 Å². The lowest BCUT2D eigenvalue weighted by Crippen LogP contribution is -2.45. The molecule has 0 spiro atoms. The molecule has 7 nitrogen and oxygen atoms in total. The van der Waals surface area contributed by atoms with Gasteiger partial charge in [0, 0.05) is 19.0 Å². The van der Waals surface area contributed by atoms with Crippen LogP contribution in [0.15, 0.2) is 18.2 Å². The number of hydrogen-bond acceptors (Lipinski definition) is 5. The van der Waals surface area contributed by atoms with Crippen molar-refractivity contribution in [1.82, 2.24) is 10.2 Å². The molecule has 1 aliphatic heterocycles. The second kappa shape index (κ2) is 7.85. The topological polar surface area (TPSA) is 93.9 Å². The van der Waals surface area contributed by atoms with Crippen LogP contribution in [-0.4, -0.2) is 47.7 Å². The van der Waals surface area contributed by atoms with Gasteiger partial charge in [0.05, 0.1) is 17.8 Å². The van der Waals surface area contributed by atoms with Gasteiger partial charge in [-0.1, -0.05) is 6.07 Å². The van der Waals surface area contributed by atoms with Crippen LogP contribution < -0.4 is 15.8 Å². The Hall–Kier alpha value is -2.44. The summed E-state index contributed by atoms with van der Waals surface area (Å²) in [6, 6.07) is 5.21. The van der Waals surface area contributed by atoms with Gasteiger partial charge in [-0.15, -0.1) is 0 Å². The molecule has 144 valence electrons. The molecule has 0 saturated carbocycles. The molecule has 0 saturated heterocycles. The first-order valence-electron chi connectivity index (χ1n) is 8.91. The highest BCUT2D eigenvalue weighted by Crippen LogP contribution is 2.31. The van der Waals surface area contributed by atoms with Crippen LogP contribution in [-0.2, 0) is 4.74 Å². The number of fused-ring (bicyclic) bond motifs is 1. The van der Waals surface area contributed by atoms with E-state index in [1.807, 2.05) is 34.6 Å². The number of rotatable bonds is 3. The molecule has 0 aromatic heterocycles. The van der Waals surface area contributed by atoms with E-state index in [2.05, 4.69) is 5.32 Å². The van der Waals surface area contributed by atoms with E-state index in [4.69, 9.17) is 15.2 Å². The SMILES string of the molecule is CC(C)N1CC[C@H](CNC(=O)OC(C)(C)C)Oc2c(N)cccc2C1=O. The number of hydrogen-bond donors (Lipinski definition) is 2. The number of nitrogen functional groups attached to an aromatic ring is 1. The van der Waals surface area contributed by atoms with Gasteiger partial charge in [0.25, 0.3) is 5.91 Å². The van der Waals surface area contributed by atoms with Crippen LogP contribution in [0.2, 0.25) is 0 Å². The molecular weight excluding hydrogens is 334 g/mol. The molecule has 26 heavy (non-hydrogen) atoms. The minimum atomic E-state index is -0.566. The van der Waals surface area contributed by atoms with Crippen molar-refractivity contribution in [2.24, 2.45) is 0 Å². The molecule has 1 heterocycles. The van der Waals surface area contributed by atoms with Crippen molar-refractivity contribution in [1.29, 1.82) is 0 Å². The van der Waals surface area contributed by atoms with Gasteiger partial charge in [0.15, 0.2) is 5.75 Å². The third-order valence-corrected chi connectivity index (χ3v) is 4.01. The molecule has 1 aromatic carbocycles. The van der Waals surface area contributed by atoms with Crippen LogP contribution >= 0.6 is 0 Å². The molecule has 3 N–H and O–H groups in total. The third-order valence-electron chi connectivity index (χ3n) is 4.01. The van der Waals surface area contributed by atoms with E-state index >= 15 is 0 Å². The molecule has 2 rings (SSSR count). The minimum Gasteiger partial charge on any atom is -0.486 e. The van der Waals surface area contributed by atoms with Crippen molar-refractivity contribution in [2.45, 2.75) is 58.8 Å². The van der Waals surface area contributed by atoms with E-state index in [9.17, 15) is 9.59 Å². The number of alkyl carbamates (subject to hydrolysis) is 1. The summed E-state index contributed by atoms with van der Waals surface area (Å²) < 4.78 is 11.3. The average Bonchev–Trinajstić information content (AvgIpc) is 2.50. The number of benzene rings is 1. The van der Waals surface area contributed by atoms with Crippen LogP contribution in [0.1, 0.15) is 51.4 Å². The predicted molar refractivity (Wildman–Crippen MR) is 100 cm³/mol. The van der Waals surface area contributed by atoms with Gasteiger partial charge in [-0.25, -0.2) is 4.79 Å². The zero-order valence-electron chi connectivity index (χ0n) is 16.2. The lowest BCUT2D eigenvalue weighted by molar-refractivity contribution is 0.0472. The zero-order chi connectivity index (χ0) is 19.5. The Morgan fingerprint density at radius 2 is 2.12 bits per heavy atom. The maximum absolute atomic E-state index is 12.8. The molecule has 0 fully saturated rings. The molecule has 0 aliphatic carbocycles. The third kappa shape index (κ3) is 5.03. The maximum Gasteiger partial charge on any atom is 0.407 e. The van der Waals surface area contributed by atoms with Crippen LogP contribution in [0.4, 0.5) is 10.5 Å². The van der Waals surface area contributed by atoms with E-state index in [-0.39, 0.29) is 24.6 Å². The number of ether oxygens (including phenoxy) is 2. The predicted octanol–water partition coefficient (Wildman–Crippen LogP) is 2.80. The lowest BCUT2D eigenvalue weighted by atomic mass is 10.1. The number of nitrogens with two attached hydrogens (primary N) is 1. The first kappa shape index (κ1) is 19.9. The molecule has 1 aliphatic rings. The van der Waals surface area contributed by atoms with Gasteiger partial charge in [0.2, 0.25) is 0 Å². The van der Waals surface area contributed by atoms with Crippen LogP contribution in [0, 0.1) is 0 Å². The van der Waals surface area contributed by atoms with Gasteiger partial charge in [-0.2, -0.15) is 0 Å². The lowest BCUT2D eigenvalue weighted by Gasteiger charge is -2.33. The number of carbonyl (C=O) groups is 2. The zero-order valence-corrected chi connectivity index (χ0v) is 16.2. The monoisotopic (exact) mass is 363 g/mol. The van der Waals surface area contributed by atoms with Crippen molar-refractivity contribution in [3.05, 3.63) is 23.8 Å². The van der Waals surface area contributed by atoms with Crippen molar-refractivity contribution in [3.63, 3.8) is 0 Å². The van der Waals surface area contributed by atoms with E-state index in [0.29, 0.717) is 30.0 Å². The minimum absolute atomic E-state index is 0.0503. The molecule has 1 aromatic rings. The molecule has 0 unspecified atom stereocenters. The number of nitrogens with zero attached hydrogens (tertiary/aromatic N) is 1. The van der Waals surface area contributed by atoms with Gasteiger partial charge < -0.3 is 25.4 Å². The quantitative estimate of drug-likeness (QED) is 0.806. The molecule has 7 heteroatoms. The van der Waals surface area contributed by atoms with Gasteiger partial charge >= 0.3 is 6.09 Å². The van der Waals surface area contributed by atoms with Gasteiger partial charge in [-0.3, -0.25) is 4.79 Å². The number of carbonyl (C=O) groups excluding carboxylic acids is 2. The summed E-state index contributed by atoms with van der Waals surface area (Å²) in [4.78, 5) is 26.5. The van der Waals surface area contributed by atoms with Crippen LogP contribution in [0.5, 0.6) is 5.75 Å². The van der Waals surface area contributed by atoms with E-state index in [0.717, 1.165) is 0 Å². The highest BCUT2D eigenvalue weighted by atomic mass is 16.6. The normalized spacial score (nSPS) is 17.8. The average molecular weight is 363 g/mol. The largest absolute Gasteiger partial charge is 0.486 e. The Morgan fingerprint density at radius 3 is 2.73 bits per heavy atom. The molecule has 0 radical (unpaired) electrons. The fourth-order valence-electron chi connectivity index (χ4n) is 2.77. The Labute approximate surface area is 154 Å². The highest BCUT2D eigenvalue weighted by Gasteiger charge is 2.29. The van der Waals surface area contributed by atoms with Crippen LogP contribution in [0.25, 0.3) is 0 Å². The highest BCUT2D eigenvalue weighted by molar-refractivity contribution is 5.99. The standard InChI is InChI=1S/C19H29N3O4/c1-12(2)22-10-9-13(11-21-18(24)26-19(3,4)5)25-16-14(17(22)23)7-6-8-15(16)20/h6-8,12-13H,9-11,20H2,1-5H3,(H,21,24)/t13-/m1/s1. The van der Waals surface area contributed by atoms with Gasteiger partial charge in [-0.05, 0) is 46.8 Å². The Morgan fingerprint density at radius 1 is 1.42 bits per heavy atom. The number of para-hydroxylation sites is 1. The second-order valence-corrected chi connectivity index (χ2v) is 7.73. The number of amides is 2. The smallest absolute Gasteiger partial charge is 0.407 e. The van der Waals surface area contributed by atoms with E-state index < -0.39 is 11.7 Å². The number of nitrogens with one attached hydrogen (secondary N) is 1. The summed E-state index contributed by atoms with van der Waals surface area (Å²) >= 11 is 0. The molecule has 2 amide bonds. The molecule has 1 atom stereocenters. The maximum atomic E-state index is 12.8. The summed E-state index contributed by atoms with van der Waals surface area (Å²) in [6.45, 7) is 10.2. The summed E-state index contributed by atoms with van der Waals surface area (Å²) in [5.74, 6) is 0.277. The van der Waals surface area contributed by atoms with Crippen molar-refractivity contribution < 1.29 is 19.1 Å². The number of anilines is 1. The second-order valence-electron chi connectivity index (χ2n) is 7.73. The fraction of sp³-hybridized carbons (Fsp3) is 0.579. The first-order chi connectivity index (χ1) is 12.1.